The van der Waals surface area contributed by atoms with Crippen molar-refractivity contribution < 1.29 is 14.3 Å². The van der Waals surface area contributed by atoms with Crippen LogP contribution in [0.15, 0.2) is 66.9 Å². The van der Waals surface area contributed by atoms with E-state index >= 15 is 0 Å². The van der Waals surface area contributed by atoms with Crippen molar-refractivity contribution >= 4 is 33.5 Å². The fraction of sp³-hybridized carbons (Fsp3) is 0.214. The fourth-order valence-corrected chi connectivity index (χ4v) is 5.17. The van der Waals surface area contributed by atoms with E-state index in [1.165, 1.54) is 12.1 Å². The number of imidazole rings is 1. The molecule has 182 valence electrons. The van der Waals surface area contributed by atoms with Gasteiger partial charge in [-0.1, -0.05) is 12.1 Å². The van der Waals surface area contributed by atoms with Crippen LogP contribution in [-0.4, -0.2) is 37.7 Å². The molecule has 0 unspecified atom stereocenters. The van der Waals surface area contributed by atoms with Crippen molar-refractivity contribution in [3.05, 3.63) is 78.2 Å². The van der Waals surface area contributed by atoms with E-state index in [1.54, 1.807) is 12.1 Å². The summed E-state index contributed by atoms with van der Waals surface area (Å²) in [5.74, 6) is -0.124. The van der Waals surface area contributed by atoms with Gasteiger partial charge in [-0.3, -0.25) is 4.79 Å². The summed E-state index contributed by atoms with van der Waals surface area (Å²) in [7, 11) is 0. The van der Waals surface area contributed by atoms with Gasteiger partial charge in [0.15, 0.2) is 0 Å². The number of nitrogens with zero attached hydrogens (tertiary/aromatic N) is 2. The Morgan fingerprint density at radius 1 is 1.08 bits per heavy atom. The van der Waals surface area contributed by atoms with Crippen molar-refractivity contribution in [2.24, 2.45) is 5.73 Å². The number of amides is 1. The van der Waals surface area contributed by atoms with Crippen LogP contribution in [-0.2, 0) is 0 Å². The average molecular weight is 484 g/mol. The number of anilines is 1. The number of benzene rings is 3. The molecule has 3 aromatic carbocycles. The van der Waals surface area contributed by atoms with Gasteiger partial charge >= 0.3 is 0 Å². The zero-order valence-electron chi connectivity index (χ0n) is 19.5. The van der Waals surface area contributed by atoms with Gasteiger partial charge in [0.2, 0.25) is 0 Å². The van der Waals surface area contributed by atoms with E-state index in [4.69, 9.17) is 5.73 Å². The highest BCUT2D eigenvalue weighted by Crippen LogP contribution is 2.32. The molecule has 7 nitrogen and oxygen atoms in total. The Labute approximate surface area is 206 Å². The number of hydrogen-bond acceptors (Lipinski definition) is 4. The molecule has 1 fully saturated rings. The van der Waals surface area contributed by atoms with Crippen LogP contribution >= 0.6 is 0 Å². The van der Waals surface area contributed by atoms with Crippen molar-refractivity contribution in [3.8, 4) is 17.1 Å². The Kier molecular flexibility index (Phi) is 5.45. The second-order valence-corrected chi connectivity index (χ2v) is 9.41. The molecule has 0 aliphatic heterocycles. The van der Waals surface area contributed by atoms with Crippen molar-refractivity contribution in [3.63, 3.8) is 0 Å². The number of primary amides is 1. The number of hydrogen-bond donors (Lipinski definition) is 4. The number of fused-ring (bicyclic) bond motifs is 2. The zero-order valence-corrected chi connectivity index (χ0v) is 19.5. The van der Waals surface area contributed by atoms with Gasteiger partial charge in [-0.2, -0.15) is 0 Å². The Morgan fingerprint density at radius 2 is 1.92 bits per heavy atom. The number of aliphatic hydroxyl groups excluding tert-OH is 1. The number of halogens is 1. The first kappa shape index (κ1) is 22.3. The van der Waals surface area contributed by atoms with E-state index < -0.39 is 5.91 Å². The van der Waals surface area contributed by atoms with Gasteiger partial charge in [-0.25, -0.2) is 9.37 Å². The highest BCUT2D eigenvalue weighted by molar-refractivity contribution is 6.00. The number of carbonyl (C=O) groups is 1. The number of aliphatic hydroxyl groups is 1. The van der Waals surface area contributed by atoms with E-state index in [1.807, 2.05) is 42.6 Å². The summed E-state index contributed by atoms with van der Waals surface area (Å²) in [6, 6.07) is 18.3. The quantitative estimate of drug-likeness (QED) is 0.278. The van der Waals surface area contributed by atoms with Crippen LogP contribution in [0.1, 0.15) is 36.0 Å². The fourth-order valence-electron chi connectivity index (χ4n) is 5.17. The first-order valence-electron chi connectivity index (χ1n) is 12.1. The lowest BCUT2D eigenvalue weighted by atomic mass is 9.92. The Balaban J connectivity index is 1.40. The van der Waals surface area contributed by atoms with Crippen LogP contribution in [0.4, 0.5) is 10.1 Å². The zero-order chi connectivity index (χ0) is 24.8. The number of carbonyl (C=O) groups excluding carboxylic acids is 1. The third-order valence-electron chi connectivity index (χ3n) is 7.04. The molecule has 2 heterocycles. The Morgan fingerprint density at radius 3 is 2.72 bits per heavy atom. The number of aromatic amines is 1. The van der Waals surface area contributed by atoms with Gasteiger partial charge in [0.1, 0.15) is 11.6 Å². The molecule has 36 heavy (non-hydrogen) atoms. The van der Waals surface area contributed by atoms with E-state index in [-0.39, 0.29) is 18.0 Å². The van der Waals surface area contributed by atoms with Crippen LogP contribution in [0.2, 0.25) is 0 Å². The lowest BCUT2D eigenvalue weighted by Crippen LogP contribution is -2.29. The van der Waals surface area contributed by atoms with E-state index in [2.05, 4.69) is 19.9 Å². The maximum atomic E-state index is 13.7. The van der Waals surface area contributed by atoms with Gasteiger partial charge in [-0.15, -0.1) is 0 Å². The molecule has 1 aliphatic carbocycles. The predicted molar refractivity (Wildman–Crippen MR) is 139 cm³/mol. The normalized spacial score (nSPS) is 18.1. The lowest BCUT2D eigenvalue weighted by molar-refractivity contribution is 0.100. The van der Waals surface area contributed by atoms with E-state index in [9.17, 15) is 14.3 Å². The Hall–Kier alpha value is -4.17. The third-order valence-corrected chi connectivity index (χ3v) is 7.04. The molecule has 0 radical (unpaired) electrons. The van der Waals surface area contributed by atoms with Crippen LogP contribution in [0, 0.1) is 5.82 Å². The Bertz CT molecular complexity index is 1600. The number of rotatable bonds is 5. The predicted octanol–water partition coefficient (Wildman–Crippen LogP) is 5.13. The van der Waals surface area contributed by atoms with E-state index in [0.717, 1.165) is 47.8 Å². The molecule has 6 rings (SSSR count). The summed E-state index contributed by atoms with van der Waals surface area (Å²) in [5, 5.41) is 14.3. The SMILES string of the molecule is NC(=O)c1ccc(-n2ccc3c(-c4nc5ccc(F)cc5[nH]4)cccc32)cc1NC1CCC(O)CC1. The molecular formula is C28H26FN5O2. The second-order valence-electron chi connectivity index (χ2n) is 9.41. The summed E-state index contributed by atoms with van der Waals surface area (Å²) in [6.45, 7) is 0. The minimum Gasteiger partial charge on any atom is -0.393 e. The molecule has 1 amide bonds. The number of H-pyrrole nitrogens is 1. The van der Waals surface area contributed by atoms with Gasteiger partial charge in [0.05, 0.1) is 28.2 Å². The van der Waals surface area contributed by atoms with Crippen LogP contribution in [0.25, 0.3) is 39.0 Å². The topological polar surface area (TPSA) is 109 Å². The highest BCUT2D eigenvalue weighted by atomic mass is 19.1. The second kappa shape index (κ2) is 8.80. The van der Waals surface area contributed by atoms with Crippen molar-refractivity contribution in [1.29, 1.82) is 0 Å². The summed E-state index contributed by atoms with van der Waals surface area (Å²) in [5.41, 5.74) is 10.9. The lowest BCUT2D eigenvalue weighted by Gasteiger charge is -2.28. The third kappa shape index (κ3) is 3.99. The summed E-state index contributed by atoms with van der Waals surface area (Å²) in [6.07, 6.45) is 4.88. The number of nitrogens with two attached hydrogens (primary N) is 1. The highest BCUT2D eigenvalue weighted by Gasteiger charge is 2.21. The monoisotopic (exact) mass is 483 g/mol. The summed E-state index contributed by atoms with van der Waals surface area (Å²) < 4.78 is 15.7. The molecule has 2 aromatic heterocycles. The van der Waals surface area contributed by atoms with Crippen molar-refractivity contribution in [1.82, 2.24) is 14.5 Å². The van der Waals surface area contributed by atoms with Crippen LogP contribution in [0.5, 0.6) is 0 Å². The molecule has 0 saturated heterocycles. The smallest absolute Gasteiger partial charge is 0.250 e. The molecule has 0 atom stereocenters. The maximum Gasteiger partial charge on any atom is 0.250 e. The molecule has 5 N–H and O–H groups in total. The summed E-state index contributed by atoms with van der Waals surface area (Å²) in [4.78, 5) is 20.0. The molecule has 8 heteroatoms. The standard InChI is InChI=1S/C28H26FN5O2/c29-16-4-11-23-25(14-16)33-28(32-23)21-2-1-3-26-20(21)12-13-34(26)18-7-10-22(27(30)36)24(15-18)31-17-5-8-19(35)9-6-17/h1-4,7,10-15,17,19,31,35H,5-6,8-9H2,(H2,30,36)(H,32,33). The molecule has 1 saturated carbocycles. The molecule has 0 spiro atoms. The summed E-state index contributed by atoms with van der Waals surface area (Å²) >= 11 is 0. The average Bonchev–Trinajstić information content (AvgIpc) is 3.49. The van der Waals surface area contributed by atoms with Crippen molar-refractivity contribution in [2.75, 3.05) is 5.32 Å². The van der Waals surface area contributed by atoms with Crippen molar-refractivity contribution in [2.45, 2.75) is 37.8 Å². The molecular weight excluding hydrogens is 457 g/mol. The first-order chi connectivity index (χ1) is 17.5. The van der Waals surface area contributed by atoms with Gasteiger partial charge in [0, 0.05) is 34.6 Å². The van der Waals surface area contributed by atoms with Crippen LogP contribution < -0.4 is 11.1 Å². The first-order valence-corrected chi connectivity index (χ1v) is 12.1. The number of aromatic nitrogens is 3. The van der Waals surface area contributed by atoms with Gasteiger partial charge in [-0.05, 0) is 74.2 Å². The maximum absolute atomic E-state index is 13.7. The minimum atomic E-state index is -0.485. The molecule has 5 aromatic rings. The largest absolute Gasteiger partial charge is 0.393 e. The van der Waals surface area contributed by atoms with Crippen LogP contribution in [0.3, 0.4) is 0 Å². The van der Waals surface area contributed by atoms with Gasteiger partial charge < -0.3 is 25.7 Å². The van der Waals surface area contributed by atoms with E-state index in [0.29, 0.717) is 28.1 Å². The molecule has 0 bridgehead atoms. The number of nitrogens with one attached hydrogen (secondary N) is 2. The minimum absolute atomic E-state index is 0.174. The van der Waals surface area contributed by atoms with Gasteiger partial charge in [0.25, 0.3) is 5.91 Å². The molecule has 1 aliphatic rings.